The van der Waals surface area contributed by atoms with Gasteiger partial charge in [0.2, 0.25) is 11.8 Å². The van der Waals surface area contributed by atoms with Crippen molar-refractivity contribution in [1.29, 1.82) is 0 Å². The maximum atomic E-state index is 13.5. The Kier molecular flexibility index (Phi) is 5.83. The molecule has 1 aromatic carbocycles. The third-order valence-corrected chi connectivity index (χ3v) is 6.34. The van der Waals surface area contributed by atoms with Gasteiger partial charge in [-0.05, 0) is 43.5 Å². The van der Waals surface area contributed by atoms with Crippen LogP contribution < -0.4 is 0 Å². The summed E-state index contributed by atoms with van der Waals surface area (Å²) in [5.74, 6) is -1.62. The molecule has 2 amide bonds. The smallest absolute Gasteiger partial charge is 0.236 e. The van der Waals surface area contributed by atoms with Gasteiger partial charge in [0.25, 0.3) is 0 Å². The number of halogens is 2. The van der Waals surface area contributed by atoms with Gasteiger partial charge in [-0.25, -0.2) is 8.78 Å². The molecule has 3 heterocycles. The number of carbonyl (C=O) groups excluding carboxylic acids is 2. The quantitative estimate of drug-likeness (QED) is 0.762. The lowest BCUT2D eigenvalue weighted by Gasteiger charge is -2.39. The number of morpholine rings is 1. The number of nitrogens with zero attached hydrogens (tertiary/aromatic N) is 3. The Morgan fingerprint density at radius 1 is 1.07 bits per heavy atom. The van der Waals surface area contributed by atoms with E-state index in [0.29, 0.717) is 51.5 Å². The van der Waals surface area contributed by atoms with E-state index in [9.17, 15) is 18.4 Å². The SMILES string of the molecule is O=C(CN1CC[C@@]2(CCCN(Cc3ccc(F)c(F)c3)C2=O)C1)N1CCOCC1. The maximum absolute atomic E-state index is 13.5. The minimum atomic E-state index is -0.893. The van der Waals surface area contributed by atoms with E-state index >= 15 is 0 Å². The summed E-state index contributed by atoms with van der Waals surface area (Å²) in [5, 5.41) is 0. The fourth-order valence-electron chi connectivity index (χ4n) is 4.74. The molecule has 0 radical (unpaired) electrons. The number of hydrogen-bond acceptors (Lipinski definition) is 4. The minimum Gasteiger partial charge on any atom is -0.378 e. The van der Waals surface area contributed by atoms with Crippen LogP contribution in [0.3, 0.4) is 0 Å². The van der Waals surface area contributed by atoms with Crippen LogP contribution in [0.5, 0.6) is 0 Å². The molecule has 0 aromatic heterocycles. The van der Waals surface area contributed by atoms with Gasteiger partial charge in [-0.15, -0.1) is 0 Å². The number of piperidine rings is 1. The molecule has 1 aromatic rings. The Balaban J connectivity index is 1.38. The van der Waals surface area contributed by atoms with Gasteiger partial charge in [0.1, 0.15) is 0 Å². The van der Waals surface area contributed by atoms with Crippen LogP contribution in [-0.2, 0) is 20.9 Å². The molecule has 0 bridgehead atoms. The molecular formula is C21H27F2N3O3. The number of hydrogen-bond donors (Lipinski definition) is 0. The maximum Gasteiger partial charge on any atom is 0.236 e. The Labute approximate surface area is 169 Å². The number of rotatable bonds is 4. The van der Waals surface area contributed by atoms with Gasteiger partial charge in [0.05, 0.1) is 25.2 Å². The normalized spacial score (nSPS) is 25.8. The molecule has 0 aliphatic carbocycles. The van der Waals surface area contributed by atoms with Crippen LogP contribution in [0.2, 0.25) is 0 Å². The molecule has 3 aliphatic rings. The molecule has 0 N–H and O–H groups in total. The minimum absolute atomic E-state index is 0.0646. The predicted molar refractivity (Wildman–Crippen MR) is 102 cm³/mol. The fraction of sp³-hybridized carbons (Fsp3) is 0.619. The monoisotopic (exact) mass is 407 g/mol. The van der Waals surface area contributed by atoms with Crippen molar-refractivity contribution in [2.75, 3.05) is 52.5 Å². The van der Waals surface area contributed by atoms with Gasteiger partial charge < -0.3 is 14.5 Å². The summed E-state index contributed by atoms with van der Waals surface area (Å²) in [7, 11) is 0. The summed E-state index contributed by atoms with van der Waals surface area (Å²) in [4.78, 5) is 31.5. The first kappa shape index (κ1) is 20.2. The largest absolute Gasteiger partial charge is 0.378 e. The number of ether oxygens (including phenoxy) is 1. The van der Waals surface area contributed by atoms with Crippen molar-refractivity contribution in [2.24, 2.45) is 5.41 Å². The summed E-state index contributed by atoms with van der Waals surface area (Å²) in [5.41, 5.74) is 0.119. The van der Waals surface area contributed by atoms with E-state index in [2.05, 4.69) is 4.90 Å². The van der Waals surface area contributed by atoms with Crippen molar-refractivity contribution in [3.63, 3.8) is 0 Å². The molecule has 4 rings (SSSR count). The van der Waals surface area contributed by atoms with E-state index in [1.54, 1.807) is 4.90 Å². The second kappa shape index (κ2) is 8.36. The lowest BCUT2D eigenvalue weighted by atomic mass is 9.78. The molecule has 0 saturated carbocycles. The molecule has 3 aliphatic heterocycles. The Hall–Kier alpha value is -2.06. The third-order valence-electron chi connectivity index (χ3n) is 6.34. The van der Waals surface area contributed by atoms with Crippen molar-refractivity contribution in [1.82, 2.24) is 14.7 Å². The van der Waals surface area contributed by atoms with Crippen molar-refractivity contribution in [3.05, 3.63) is 35.4 Å². The van der Waals surface area contributed by atoms with Gasteiger partial charge in [-0.2, -0.15) is 0 Å². The van der Waals surface area contributed by atoms with E-state index < -0.39 is 17.0 Å². The van der Waals surface area contributed by atoms with E-state index in [0.717, 1.165) is 37.9 Å². The molecule has 29 heavy (non-hydrogen) atoms. The number of carbonyl (C=O) groups is 2. The molecule has 1 spiro atoms. The fourth-order valence-corrected chi connectivity index (χ4v) is 4.74. The molecule has 1 atom stereocenters. The highest BCUT2D eigenvalue weighted by Crippen LogP contribution is 2.40. The van der Waals surface area contributed by atoms with E-state index in [-0.39, 0.29) is 18.4 Å². The first-order chi connectivity index (χ1) is 14.0. The molecule has 8 heteroatoms. The second-order valence-electron chi connectivity index (χ2n) is 8.31. The van der Waals surface area contributed by atoms with Gasteiger partial charge in [-0.1, -0.05) is 6.07 Å². The molecule has 158 valence electrons. The average Bonchev–Trinajstić information content (AvgIpc) is 3.12. The number of benzene rings is 1. The summed E-state index contributed by atoms with van der Waals surface area (Å²) >= 11 is 0. The lowest BCUT2D eigenvalue weighted by Crippen LogP contribution is -2.50. The predicted octanol–water partition coefficient (Wildman–Crippen LogP) is 1.64. The second-order valence-corrected chi connectivity index (χ2v) is 8.31. The van der Waals surface area contributed by atoms with Crippen molar-refractivity contribution in [2.45, 2.75) is 25.8 Å². The summed E-state index contributed by atoms with van der Waals surface area (Å²) in [6, 6.07) is 3.78. The zero-order chi connectivity index (χ0) is 20.4. The zero-order valence-electron chi connectivity index (χ0n) is 16.5. The highest BCUT2D eigenvalue weighted by molar-refractivity contribution is 5.84. The van der Waals surface area contributed by atoms with Gasteiger partial charge in [0, 0.05) is 32.7 Å². The molecule has 0 unspecified atom stereocenters. The first-order valence-electron chi connectivity index (χ1n) is 10.3. The zero-order valence-corrected chi connectivity index (χ0v) is 16.5. The summed E-state index contributed by atoms with van der Waals surface area (Å²) in [6.45, 7) is 4.93. The van der Waals surface area contributed by atoms with Crippen LogP contribution in [0, 0.1) is 17.0 Å². The van der Waals surface area contributed by atoms with Crippen molar-refractivity contribution in [3.8, 4) is 0 Å². The van der Waals surface area contributed by atoms with E-state index in [1.165, 1.54) is 6.07 Å². The topological polar surface area (TPSA) is 53.1 Å². The summed E-state index contributed by atoms with van der Waals surface area (Å²) < 4.78 is 32.0. The molecule has 3 saturated heterocycles. The van der Waals surface area contributed by atoms with E-state index in [4.69, 9.17) is 4.74 Å². The van der Waals surface area contributed by atoms with Gasteiger partial charge >= 0.3 is 0 Å². The first-order valence-corrected chi connectivity index (χ1v) is 10.3. The third kappa shape index (κ3) is 4.28. The van der Waals surface area contributed by atoms with Crippen LogP contribution in [0.4, 0.5) is 8.78 Å². The van der Waals surface area contributed by atoms with Crippen LogP contribution >= 0.6 is 0 Å². The highest BCUT2D eigenvalue weighted by atomic mass is 19.2. The molecule has 6 nitrogen and oxygen atoms in total. The van der Waals surface area contributed by atoms with Gasteiger partial charge in [0.15, 0.2) is 11.6 Å². The molecular weight excluding hydrogens is 380 g/mol. The van der Waals surface area contributed by atoms with Crippen molar-refractivity contribution < 1.29 is 23.1 Å². The summed E-state index contributed by atoms with van der Waals surface area (Å²) in [6.07, 6.45) is 2.42. The number of likely N-dealkylation sites (tertiary alicyclic amines) is 2. The van der Waals surface area contributed by atoms with Crippen LogP contribution in [0.25, 0.3) is 0 Å². The van der Waals surface area contributed by atoms with E-state index in [1.807, 2.05) is 4.90 Å². The van der Waals surface area contributed by atoms with Gasteiger partial charge in [-0.3, -0.25) is 14.5 Å². The Morgan fingerprint density at radius 3 is 2.62 bits per heavy atom. The van der Waals surface area contributed by atoms with Crippen LogP contribution in [0.1, 0.15) is 24.8 Å². The van der Waals surface area contributed by atoms with Crippen molar-refractivity contribution >= 4 is 11.8 Å². The number of amides is 2. The Bertz CT molecular complexity index is 784. The van der Waals surface area contributed by atoms with Crippen LogP contribution in [0.15, 0.2) is 18.2 Å². The Morgan fingerprint density at radius 2 is 1.86 bits per heavy atom. The lowest BCUT2D eigenvalue weighted by molar-refractivity contribution is -0.147. The highest BCUT2D eigenvalue weighted by Gasteiger charge is 2.48. The molecule has 3 fully saturated rings. The average molecular weight is 407 g/mol. The standard InChI is InChI=1S/C21H27F2N3O3/c22-17-3-2-16(12-18(17)23)13-26-6-1-4-21(20(26)28)5-7-24(15-21)14-19(27)25-8-10-29-11-9-25/h2-3,12H,1,4-11,13-15H2/t21-/m0/s1. The van der Waals surface area contributed by atoms with Crippen LogP contribution in [-0.4, -0.2) is 79.0 Å².